The van der Waals surface area contributed by atoms with Gasteiger partial charge in [0.2, 0.25) is 10.0 Å². The molecule has 1 aromatic carbocycles. The van der Waals surface area contributed by atoms with Crippen molar-refractivity contribution >= 4 is 19.9 Å². The van der Waals surface area contributed by atoms with E-state index >= 15 is 0 Å². The molecule has 0 radical (unpaired) electrons. The van der Waals surface area contributed by atoms with Gasteiger partial charge in [-0.25, -0.2) is 16.8 Å². The largest absolute Gasteiger partial charge is 0.243 e. The Hall–Kier alpha value is -0.920. The summed E-state index contributed by atoms with van der Waals surface area (Å²) in [4.78, 5) is 0.289. The molecule has 7 heteroatoms. The van der Waals surface area contributed by atoms with E-state index in [1.807, 2.05) is 6.07 Å². The molecular formula is C13H17NO4S2. The van der Waals surface area contributed by atoms with Gasteiger partial charge in [0.05, 0.1) is 16.4 Å². The normalized spacial score (nSPS) is 22.6. The lowest BCUT2D eigenvalue weighted by Gasteiger charge is -2.26. The van der Waals surface area contributed by atoms with Gasteiger partial charge in [-0.3, -0.25) is 0 Å². The second-order valence-corrected chi connectivity index (χ2v) is 9.58. The fourth-order valence-electron chi connectivity index (χ4n) is 2.79. The Morgan fingerprint density at radius 2 is 1.65 bits per heavy atom. The molecule has 0 atom stereocenters. The fraction of sp³-hybridized carbons (Fsp3) is 0.538. The van der Waals surface area contributed by atoms with Crippen LogP contribution in [0.2, 0.25) is 0 Å². The number of benzene rings is 1. The third-order valence-electron chi connectivity index (χ3n) is 4.01. The van der Waals surface area contributed by atoms with Crippen molar-refractivity contribution in [3.8, 4) is 0 Å². The topological polar surface area (TPSA) is 71.5 Å². The summed E-state index contributed by atoms with van der Waals surface area (Å²) in [6.45, 7) is 0.115. The van der Waals surface area contributed by atoms with Crippen LogP contribution in [-0.4, -0.2) is 45.7 Å². The van der Waals surface area contributed by atoms with Crippen molar-refractivity contribution in [3.05, 3.63) is 29.3 Å². The summed E-state index contributed by atoms with van der Waals surface area (Å²) in [5.74, 6) is -0.172. The van der Waals surface area contributed by atoms with Crippen LogP contribution in [0.25, 0.3) is 0 Å². The summed E-state index contributed by atoms with van der Waals surface area (Å²) in [6, 6.07) is 5.28. The number of rotatable bonds is 2. The highest BCUT2D eigenvalue weighted by molar-refractivity contribution is 7.92. The molecule has 110 valence electrons. The van der Waals surface area contributed by atoms with Crippen LogP contribution in [0.4, 0.5) is 0 Å². The van der Waals surface area contributed by atoms with Gasteiger partial charge in [-0.15, -0.1) is 0 Å². The smallest absolute Gasteiger partial charge is 0.229 e. The maximum absolute atomic E-state index is 12.5. The third-order valence-corrected chi connectivity index (χ3v) is 7.51. The standard InChI is InChI=1S/C13H17NO4S2/c15-19(16)8-6-14(7-9-19)20(17,18)13-5-4-11-2-1-3-12(11)10-13/h4-5,10H,1-3,6-9H2. The van der Waals surface area contributed by atoms with Gasteiger partial charge in [-0.1, -0.05) is 6.07 Å². The molecule has 1 aromatic rings. The van der Waals surface area contributed by atoms with Crippen molar-refractivity contribution in [2.75, 3.05) is 24.6 Å². The Kier molecular flexibility index (Phi) is 3.38. The van der Waals surface area contributed by atoms with E-state index in [0.29, 0.717) is 0 Å². The summed E-state index contributed by atoms with van der Waals surface area (Å²) in [6.07, 6.45) is 3.01. The molecule has 1 heterocycles. The molecule has 5 nitrogen and oxygen atoms in total. The minimum absolute atomic E-state index is 0.0573. The minimum atomic E-state index is -3.56. The Morgan fingerprint density at radius 3 is 2.35 bits per heavy atom. The number of hydrogen-bond acceptors (Lipinski definition) is 4. The first-order valence-electron chi connectivity index (χ1n) is 6.71. The van der Waals surface area contributed by atoms with Crippen molar-refractivity contribution in [1.82, 2.24) is 4.31 Å². The average molecular weight is 315 g/mol. The first-order chi connectivity index (χ1) is 9.38. The van der Waals surface area contributed by atoms with Gasteiger partial charge < -0.3 is 0 Å². The van der Waals surface area contributed by atoms with E-state index < -0.39 is 19.9 Å². The highest BCUT2D eigenvalue weighted by atomic mass is 32.2. The molecule has 0 spiro atoms. The van der Waals surface area contributed by atoms with E-state index in [4.69, 9.17) is 0 Å². The molecule has 0 bridgehead atoms. The molecule has 2 aliphatic rings. The predicted octanol–water partition coefficient (Wildman–Crippen LogP) is 0.594. The number of fused-ring (bicyclic) bond motifs is 1. The van der Waals surface area contributed by atoms with Crippen molar-refractivity contribution in [2.24, 2.45) is 0 Å². The van der Waals surface area contributed by atoms with Crippen LogP contribution >= 0.6 is 0 Å². The Labute approximate surface area is 119 Å². The van der Waals surface area contributed by atoms with Crippen LogP contribution in [0.15, 0.2) is 23.1 Å². The zero-order valence-corrected chi connectivity index (χ0v) is 12.7. The van der Waals surface area contributed by atoms with Crippen LogP contribution in [0.1, 0.15) is 17.5 Å². The Balaban J connectivity index is 1.89. The molecule has 1 aliphatic carbocycles. The molecule has 0 unspecified atom stereocenters. The molecule has 0 amide bonds. The van der Waals surface area contributed by atoms with Crippen LogP contribution in [-0.2, 0) is 32.7 Å². The van der Waals surface area contributed by atoms with E-state index in [1.54, 1.807) is 12.1 Å². The molecule has 1 aliphatic heterocycles. The lowest BCUT2D eigenvalue weighted by Crippen LogP contribution is -2.43. The minimum Gasteiger partial charge on any atom is -0.229 e. The molecule has 1 saturated heterocycles. The Bertz CT molecular complexity index is 724. The SMILES string of the molecule is O=S1(=O)CCN(S(=O)(=O)c2ccc3c(c2)CCC3)CC1. The number of aryl methyl sites for hydroxylation is 2. The zero-order chi connectivity index (χ0) is 14.4. The van der Waals surface area contributed by atoms with E-state index in [9.17, 15) is 16.8 Å². The highest BCUT2D eigenvalue weighted by Crippen LogP contribution is 2.26. The van der Waals surface area contributed by atoms with Crippen LogP contribution in [0, 0.1) is 0 Å². The van der Waals surface area contributed by atoms with Gasteiger partial charge in [0, 0.05) is 13.1 Å². The van der Waals surface area contributed by atoms with E-state index in [1.165, 1.54) is 9.87 Å². The lowest BCUT2D eigenvalue weighted by atomic mass is 10.1. The third kappa shape index (κ3) is 2.49. The van der Waals surface area contributed by atoms with Crippen LogP contribution in [0.3, 0.4) is 0 Å². The maximum Gasteiger partial charge on any atom is 0.243 e. The summed E-state index contributed by atoms with van der Waals surface area (Å²) >= 11 is 0. The number of hydrogen-bond donors (Lipinski definition) is 0. The maximum atomic E-state index is 12.5. The number of sulfonamides is 1. The molecule has 0 aromatic heterocycles. The molecule has 0 N–H and O–H groups in total. The van der Waals surface area contributed by atoms with Crippen molar-refractivity contribution in [1.29, 1.82) is 0 Å². The fourth-order valence-corrected chi connectivity index (χ4v) is 5.72. The summed E-state index contributed by atoms with van der Waals surface area (Å²) in [5, 5.41) is 0. The van der Waals surface area contributed by atoms with E-state index in [0.717, 1.165) is 24.8 Å². The number of nitrogens with zero attached hydrogens (tertiary/aromatic N) is 1. The highest BCUT2D eigenvalue weighted by Gasteiger charge is 2.31. The molecule has 0 saturated carbocycles. The molecule has 1 fully saturated rings. The molecular weight excluding hydrogens is 298 g/mol. The van der Waals surface area contributed by atoms with Gasteiger partial charge in [0.15, 0.2) is 9.84 Å². The van der Waals surface area contributed by atoms with E-state index in [2.05, 4.69) is 0 Å². The second-order valence-electron chi connectivity index (χ2n) is 5.34. The first kappa shape index (κ1) is 14.0. The molecule has 3 rings (SSSR count). The Morgan fingerprint density at radius 1 is 1.00 bits per heavy atom. The predicted molar refractivity (Wildman–Crippen MR) is 75.9 cm³/mol. The van der Waals surface area contributed by atoms with Gasteiger partial charge in [-0.2, -0.15) is 4.31 Å². The quantitative estimate of drug-likeness (QED) is 0.801. The van der Waals surface area contributed by atoms with E-state index in [-0.39, 0.29) is 29.5 Å². The first-order valence-corrected chi connectivity index (χ1v) is 9.97. The number of sulfone groups is 1. The monoisotopic (exact) mass is 315 g/mol. The summed E-state index contributed by atoms with van der Waals surface area (Å²) in [7, 11) is -6.64. The van der Waals surface area contributed by atoms with Crippen molar-refractivity contribution < 1.29 is 16.8 Å². The molecule has 20 heavy (non-hydrogen) atoms. The van der Waals surface area contributed by atoms with Gasteiger partial charge in [-0.05, 0) is 42.5 Å². The average Bonchev–Trinajstić information content (AvgIpc) is 2.85. The lowest BCUT2D eigenvalue weighted by molar-refractivity contribution is 0.430. The van der Waals surface area contributed by atoms with Crippen LogP contribution in [0.5, 0.6) is 0 Å². The van der Waals surface area contributed by atoms with Crippen molar-refractivity contribution in [3.63, 3.8) is 0 Å². The van der Waals surface area contributed by atoms with Crippen molar-refractivity contribution in [2.45, 2.75) is 24.2 Å². The second kappa shape index (κ2) is 4.82. The summed E-state index contributed by atoms with van der Waals surface area (Å²) in [5.41, 5.74) is 2.33. The zero-order valence-electron chi connectivity index (χ0n) is 11.1. The van der Waals surface area contributed by atoms with Gasteiger partial charge in [0.25, 0.3) is 0 Å². The van der Waals surface area contributed by atoms with Gasteiger partial charge >= 0.3 is 0 Å². The van der Waals surface area contributed by atoms with Gasteiger partial charge in [0.1, 0.15) is 0 Å². The summed E-state index contributed by atoms with van der Waals surface area (Å²) < 4.78 is 49.1. The van der Waals surface area contributed by atoms with Crippen LogP contribution < -0.4 is 0 Å².